The van der Waals surface area contributed by atoms with Gasteiger partial charge in [0.05, 0.1) is 23.5 Å². The Kier molecular flexibility index (Phi) is 7.05. The van der Waals surface area contributed by atoms with Crippen LogP contribution in [0.3, 0.4) is 0 Å². The number of H-pyrrole nitrogens is 1. The number of nitrogens with one attached hydrogen (secondary N) is 2. The second kappa shape index (κ2) is 9.53. The highest BCUT2D eigenvalue weighted by Gasteiger charge is 2.24. The van der Waals surface area contributed by atoms with Crippen LogP contribution in [0.15, 0.2) is 18.2 Å². The normalized spacial score (nSPS) is 14.6. The number of nitrogens with zero attached hydrogens (tertiary/aromatic N) is 2. The van der Waals surface area contributed by atoms with Gasteiger partial charge in [0.2, 0.25) is 0 Å². The number of hydrogen-bond donors (Lipinski definition) is 2. The number of hydrogen-bond acceptors (Lipinski definition) is 5. The molecule has 8 heteroatoms. The summed E-state index contributed by atoms with van der Waals surface area (Å²) in [7, 11) is 0. The molecule has 0 spiro atoms. The number of esters is 1. The topological polar surface area (TPSA) is 77.7 Å². The third kappa shape index (κ3) is 4.63. The predicted molar refractivity (Wildman–Crippen MR) is 120 cm³/mol. The van der Waals surface area contributed by atoms with Crippen LogP contribution in [0, 0.1) is 13.8 Å². The molecule has 0 unspecified atom stereocenters. The fourth-order valence-corrected chi connectivity index (χ4v) is 4.03. The Morgan fingerprint density at radius 3 is 2.50 bits per heavy atom. The van der Waals surface area contributed by atoms with E-state index in [1.165, 1.54) is 0 Å². The summed E-state index contributed by atoms with van der Waals surface area (Å²) < 4.78 is 5.11. The van der Waals surface area contributed by atoms with Gasteiger partial charge in [-0.15, -0.1) is 0 Å². The molecule has 1 aromatic heterocycles. The van der Waals surface area contributed by atoms with E-state index in [2.05, 4.69) is 27.0 Å². The molecule has 0 radical (unpaired) electrons. The third-order valence-corrected chi connectivity index (χ3v) is 5.75. The van der Waals surface area contributed by atoms with Crippen LogP contribution < -0.4 is 10.2 Å². The van der Waals surface area contributed by atoms with Crippen LogP contribution in [-0.4, -0.2) is 61.1 Å². The monoisotopic (exact) mass is 432 g/mol. The van der Waals surface area contributed by atoms with Crippen molar-refractivity contribution in [3.8, 4) is 0 Å². The van der Waals surface area contributed by atoms with Crippen LogP contribution >= 0.6 is 11.6 Å². The molecule has 0 saturated carbocycles. The van der Waals surface area contributed by atoms with Crippen molar-refractivity contribution in [2.24, 2.45) is 0 Å². The summed E-state index contributed by atoms with van der Waals surface area (Å²) in [5.41, 5.74) is 3.53. The van der Waals surface area contributed by atoms with Gasteiger partial charge in [0, 0.05) is 36.9 Å². The van der Waals surface area contributed by atoms with E-state index in [0.717, 1.165) is 38.4 Å². The lowest BCUT2D eigenvalue weighted by atomic mass is 10.1. The number of amides is 1. The summed E-state index contributed by atoms with van der Waals surface area (Å²) >= 11 is 6.22. The third-order valence-electron chi connectivity index (χ3n) is 5.51. The fraction of sp³-hybridized carbons (Fsp3) is 0.455. The van der Waals surface area contributed by atoms with Gasteiger partial charge in [-0.2, -0.15) is 0 Å². The zero-order chi connectivity index (χ0) is 21.8. The molecule has 1 amide bonds. The number of aromatic nitrogens is 1. The average Bonchev–Trinajstić information content (AvgIpc) is 3.02. The van der Waals surface area contributed by atoms with Crippen molar-refractivity contribution in [2.75, 3.05) is 49.5 Å². The van der Waals surface area contributed by atoms with Crippen LogP contribution in [0.2, 0.25) is 5.02 Å². The molecule has 1 fully saturated rings. The molecule has 3 rings (SSSR count). The quantitative estimate of drug-likeness (QED) is 0.678. The summed E-state index contributed by atoms with van der Waals surface area (Å²) in [4.78, 5) is 33.0. The molecule has 2 aromatic rings. The lowest BCUT2D eigenvalue weighted by Crippen LogP contribution is -2.46. The van der Waals surface area contributed by atoms with E-state index in [1.807, 2.05) is 12.1 Å². The number of likely N-dealkylation sites (N-methyl/N-ethyl adjacent to an activating group) is 1. The number of halogens is 1. The number of rotatable bonds is 6. The molecule has 0 aliphatic carbocycles. The van der Waals surface area contributed by atoms with Crippen LogP contribution in [-0.2, 0) is 4.74 Å². The molecule has 2 N–H and O–H groups in total. The molecule has 0 atom stereocenters. The first-order chi connectivity index (χ1) is 14.3. The van der Waals surface area contributed by atoms with Gasteiger partial charge in [-0.1, -0.05) is 18.5 Å². The first-order valence-corrected chi connectivity index (χ1v) is 10.7. The molecular formula is C22H29ClN4O3. The van der Waals surface area contributed by atoms with E-state index in [0.29, 0.717) is 33.2 Å². The van der Waals surface area contributed by atoms with Gasteiger partial charge < -0.3 is 24.8 Å². The SMILES string of the molecule is CCOC(=O)c1c(C)[nH]c(C(=O)Nc2cc(Cl)ccc2N2CCN(CC)CC2)c1C. The molecule has 162 valence electrons. The van der Waals surface area contributed by atoms with E-state index in [-0.39, 0.29) is 12.5 Å². The molecule has 30 heavy (non-hydrogen) atoms. The summed E-state index contributed by atoms with van der Waals surface area (Å²) in [6.07, 6.45) is 0. The van der Waals surface area contributed by atoms with Crippen molar-refractivity contribution in [1.82, 2.24) is 9.88 Å². The number of piperazine rings is 1. The Balaban J connectivity index is 1.85. The fourth-order valence-electron chi connectivity index (χ4n) is 3.86. The molecule has 1 aliphatic rings. The summed E-state index contributed by atoms with van der Waals surface area (Å²) in [6.45, 7) is 12.4. The predicted octanol–water partition coefficient (Wildman–Crippen LogP) is 3.86. The van der Waals surface area contributed by atoms with Crippen LogP contribution in [0.4, 0.5) is 11.4 Å². The second-order valence-corrected chi connectivity index (χ2v) is 7.82. The van der Waals surface area contributed by atoms with E-state index in [9.17, 15) is 9.59 Å². The van der Waals surface area contributed by atoms with Gasteiger partial charge in [0.15, 0.2) is 0 Å². The first-order valence-electron chi connectivity index (χ1n) is 10.3. The van der Waals surface area contributed by atoms with Crippen molar-refractivity contribution >= 4 is 34.9 Å². The molecule has 1 saturated heterocycles. The molecule has 1 aliphatic heterocycles. The highest BCUT2D eigenvalue weighted by Crippen LogP contribution is 2.31. The maximum Gasteiger partial charge on any atom is 0.340 e. The van der Waals surface area contributed by atoms with Crippen molar-refractivity contribution < 1.29 is 14.3 Å². The average molecular weight is 433 g/mol. The van der Waals surface area contributed by atoms with Gasteiger partial charge in [0.1, 0.15) is 5.69 Å². The minimum absolute atomic E-state index is 0.279. The number of ether oxygens (including phenoxy) is 1. The van der Waals surface area contributed by atoms with Crippen molar-refractivity contribution in [3.63, 3.8) is 0 Å². The number of anilines is 2. The highest BCUT2D eigenvalue weighted by atomic mass is 35.5. The lowest BCUT2D eigenvalue weighted by Gasteiger charge is -2.36. The van der Waals surface area contributed by atoms with Gasteiger partial charge in [-0.25, -0.2) is 4.79 Å². The summed E-state index contributed by atoms with van der Waals surface area (Å²) in [5, 5.41) is 3.53. The summed E-state index contributed by atoms with van der Waals surface area (Å²) in [5.74, 6) is -0.748. The number of aryl methyl sites for hydroxylation is 1. The second-order valence-electron chi connectivity index (χ2n) is 7.38. The minimum Gasteiger partial charge on any atom is -0.462 e. The maximum absolute atomic E-state index is 13.1. The highest BCUT2D eigenvalue weighted by molar-refractivity contribution is 6.31. The van der Waals surface area contributed by atoms with E-state index in [4.69, 9.17) is 16.3 Å². The van der Waals surface area contributed by atoms with E-state index >= 15 is 0 Å². The zero-order valence-corrected chi connectivity index (χ0v) is 18.7. The standard InChI is InChI=1S/C22H29ClN4O3/c1-5-26-9-11-27(12-10-26)18-8-7-16(23)13-17(18)25-21(28)20-14(3)19(15(4)24-20)22(29)30-6-2/h7-8,13,24H,5-6,9-12H2,1-4H3,(H,25,28). The van der Waals surface area contributed by atoms with Crippen LogP contribution in [0.1, 0.15) is 46.0 Å². The first kappa shape index (κ1) is 22.2. The van der Waals surface area contributed by atoms with Gasteiger partial charge in [-0.3, -0.25) is 4.79 Å². The molecule has 0 bridgehead atoms. The summed E-state index contributed by atoms with van der Waals surface area (Å²) in [6, 6.07) is 5.54. The van der Waals surface area contributed by atoms with E-state index < -0.39 is 5.97 Å². The van der Waals surface area contributed by atoms with E-state index in [1.54, 1.807) is 26.8 Å². The lowest BCUT2D eigenvalue weighted by molar-refractivity contribution is 0.0525. The smallest absolute Gasteiger partial charge is 0.340 e. The van der Waals surface area contributed by atoms with Crippen molar-refractivity contribution in [3.05, 3.63) is 45.7 Å². The van der Waals surface area contributed by atoms with Crippen LogP contribution in [0.25, 0.3) is 0 Å². The number of benzene rings is 1. The molecule has 7 nitrogen and oxygen atoms in total. The van der Waals surface area contributed by atoms with Gasteiger partial charge in [0.25, 0.3) is 5.91 Å². The minimum atomic E-state index is -0.431. The Morgan fingerprint density at radius 2 is 1.87 bits per heavy atom. The molecule has 2 heterocycles. The van der Waals surface area contributed by atoms with Crippen LogP contribution in [0.5, 0.6) is 0 Å². The zero-order valence-electron chi connectivity index (χ0n) is 18.0. The Bertz CT molecular complexity index is 933. The van der Waals surface area contributed by atoms with Gasteiger partial charge >= 0.3 is 5.97 Å². The van der Waals surface area contributed by atoms with Crippen molar-refractivity contribution in [2.45, 2.75) is 27.7 Å². The molecule has 1 aromatic carbocycles. The Labute approximate surface area is 182 Å². The Hall–Kier alpha value is -2.51. The number of aromatic amines is 1. The van der Waals surface area contributed by atoms with Crippen molar-refractivity contribution in [1.29, 1.82) is 0 Å². The number of carbonyl (C=O) groups excluding carboxylic acids is 2. The largest absolute Gasteiger partial charge is 0.462 e. The molecular weight excluding hydrogens is 404 g/mol. The maximum atomic E-state index is 13.1. The van der Waals surface area contributed by atoms with Gasteiger partial charge in [-0.05, 0) is 51.1 Å². The Morgan fingerprint density at radius 1 is 1.17 bits per heavy atom. The number of carbonyl (C=O) groups is 2.